The molecule has 3 aliphatic rings. The van der Waals surface area contributed by atoms with Crippen molar-refractivity contribution in [2.75, 3.05) is 5.32 Å². The second-order valence-electron chi connectivity index (χ2n) is 7.99. The van der Waals surface area contributed by atoms with Gasteiger partial charge in [0.1, 0.15) is 17.4 Å². The number of nitrogens with zero attached hydrogens (tertiary/aromatic N) is 7. The molecule has 0 amide bonds. The predicted octanol–water partition coefficient (Wildman–Crippen LogP) is 1.60. The smallest absolute Gasteiger partial charge is 0.220 e. The van der Waals surface area contributed by atoms with Crippen molar-refractivity contribution in [3.63, 3.8) is 0 Å². The quantitative estimate of drug-likeness (QED) is 0.400. The number of Topliss-reactive ketones (excluding diaryl/α,β-unsaturated/α-hetero) is 1. The molecule has 3 aliphatic carbocycles. The monoisotopic (exact) mass is 384 g/mol. The number of imidazole rings is 1. The van der Waals surface area contributed by atoms with Crippen LogP contribution in [0, 0.1) is 11.3 Å². The van der Waals surface area contributed by atoms with Crippen LogP contribution in [-0.2, 0) is 4.79 Å². The van der Waals surface area contributed by atoms with Gasteiger partial charge in [0.25, 0.3) is 0 Å². The molecule has 0 spiro atoms. The van der Waals surface area contributed by atoms with Crippen molar-refractivity contribution in [1.29, 1.82) is 0 Å². The number of hydrogen-bond acceptors (Lipinski definition) is 8. The highest BCUT2D eigenvalue weighted by atomic mass is 16.3. The van der Waals surface area contributed by atoms with Crippen LogP contribution in [0.4, 0.5) is 11.8 Å². The lowest BCUT2D eigenvalue weighted by molar-refractivity contribution is -0.128. The van der Waals surface area contributed by atoms with E-state index in [-0.39, 0.29) is 23.7 Å². The molecule has 2 aromatic rings. The Kier molecular flexibility index (Phi) is 3.64. The molecule has 2 unspecified atom stereocenters. The number of aliphatic hydroxyl groups is 2. The number of carbonyl (C=O) groups is 1. The van der Waals surface area contributed by atoms with Gasteiger partial charge in [-0.1, -0.05) is 0 Å². The summed E-state index contributed by atoms with van der Waals surface area (Å²) < 4.78 is 1.68. The molecule has 146 valence electrons. The molecule has 11 heteroatoms. The van der Waals surface area contributed by atoms with E-state index in [1.54, 1.807) is 10.9 Å². The number of aromatic nitrogens is 4. The minimum Gasteiger partial charge on any atom is -0.389 e. The van der Waals surface area contributed by atoms with Gasteiger partial charge >= 0.3 is 0 Å². The summed E-state index contributed by atoms with van der Waals surface area (Å²) in [5.41, 5.74) is 8.81. The lowest BCUT2D eigenvalue weighted by Gasteiger charge is -2.27. The van der Waals surface area contributed by atoms with Gasteiger partial charge in [0.05, 0.1) is 23.9 Å². The van der Waals surface area contributed by atoms with Crippen molar-refractivity contribution in [2.45, 2.75) is 56.9 Å². The van der Waals surface area contributed by atoms with E-state index in [1.165, 1.54) is 6.92 Å². The molecule has 0 aliphatic heterocycles. The fourth-order valence-corrected chi connectivity index (χ4v) is 4.83. The van der Waals surface area contributed by atoms with Gasteiger partial charge in [-0.15, -0.1) is 0 Å². The van der Waals surface area contributed by atoms with Gasteiger partial charge in [0.2, 0.25) is 5.95 Å². The number of rotatable bonds is 5. The topological polar surface area (TPSA) is 162 Å². The van der Waals surface area contributed by atoms with E-state index in [0.29, 0.717) is 23.4 Å². The third-order valence-electron chi connectivity index (χ3n) is 6.64. The third kappa shape index (κ3) is 2.20. The molecular formula is C17H20N8O3. The van der Waals surface area contributed by atoms with Gasteiger partial charge in [-0.25, -0.2) is 15.0 Å². The summed E-state index contributed by atoms with van der Waals surface area (Å²) in [6.07, 6.45) is 3.03. The molecule has 5 rings (SSSR count). The van der Waals surface area contributed by atoms with Gasteiger partial charge in [0.15, 0.2) is 11.5 Å². The maximum absolute atomic E-state index is 12.1. The maximum atomic E-state index is 12.1. The van der Waals surface area contributed by atoms with E-state index in [2.05, 4.69) is 30.3 Å². The summed E-state index contributed by atoms with van der Waals surface area (Å²) in [4.78, 5) is 27.9. The Balaban J connectivity index is 1.61. The normalized spacial score (nSPS) is 33.8. The molecule has 0 radical (unpaired) electrons. The van der Waals surface area contributed by atoms with E-state index < -0.39 is 23.7 Å². The van der Waals surface area contributed by atoms with Crippen molar-refractivity contribution in [3.05, 3.63) is 16.8 Å². The zero-order valence-electron chi connectivity index (χ0n) is 15.2. The Labute approximate surface area is 159 Å². The summed E-state index contributed by atoms with van der Waals surface area (Å²) in [5.74, 6) is 0.138. The average molecular weight is 384 g/mol. The van der Waals surface area contributed by atoms with Crippen LogP contribution < -0.4 is 5.32 Å². The first-order valence-corrected chi connectivity index (χ1v) is 9.40. The first-order valence-electron chi connectivity index (χ1n) is 9.40. The highest BCUT2D eigenvalue weighted by Crippen LogP contribution is 2.68. The number of hydrogen-bond donors (Lipinski definition) is 3. The van der Waals surface area contributed by atoms with Crippen LogP contribution in [0.2, 0.25) is 0 Å². The standard InChI is InChI=1S/C17H20N8O3/c1-7(26)17-5-9(17)11(12(27)13(17)28)25-6-19-10-14(20-8-3-2-4-8)21-16(23-24-18)22-15(10)25/h6,8-9,11-13,27-28H,2-5H2,1H3,(H,20,21,22)/t9?,11-,12+,13?,17+/m1/s1. The largest absolute Gasteiger partial charge is 0.389 e. The van der Waals surface area contributed by atoms with Gasteiger partial charge in [-0.3, -0.25) is 4.79 Å². The van der Waals surface area contributed by atoms with Crippen LogP contribution in [0.1, 0.15) is 38.6 Å². The molecule has 3 saturated carbocycles. The molecule has 3 N–H and O–H groups in total. The number of anilines is 1. The van der Waals surface area contributed by atoms with Crippen molar-refractivity contribution in [1.82, 2.24) is 19.5 Å². The summed E-state index contributed by atoms with van der Waals surface area (Å²) in [7, 11) is 0. The first kappa shape index (κ1) is 17.4. The zero-order valence-corrected chi connectivity index (χ0v) is 15.2. The minimum absolute atomic E-state index is 0.0414. The molecule has 0 aromatic carbocycles. The van der Waals surface area contributed by atoms with Crippen molar-refractivity contribution >= 4 is 28.7 Å². The predicted molar refractivity (Wildman–Crippen MR) is 97.7 cm³/mol. The molecule has 2 aromatic heterocycles. The second kappa shape index (κ2) is 5.87. The molecule has 3 fully saturated rings. The van der Waals surface area contributed by atoms with Crippen LogP contribution in [0.5, 0.6) is 0 Å². The van der Waals surface area contributed by atoms with Gasteiger partial charge in [0, 0.05) is 11.0 Å². The highest BCUT2D eigenvalue weighted by molar-refractivity contribution is 5.88. The van der Waals surface area contributed by atoms with Crippen molar-refractivity contribution in [2.24, 2.45) is 16.4 Å². The average Bonchev–Trinajstić information content (AvgIpc) is 3.17. The SMILES string of the molecule is CC(=O)[C@@]12CC1[C@@H](n1cnc3c(NC4CCC4)nc(N=[N+]=[N-])nc31)[C@H](O)C2O. The van der Waals surface area contributed by atoms with E-state index in [9.17, 15) is 15.0 Å². The summed E-state index contributed by atoms with van der Waals surface area (Å²) >= 11 is 0. The number of ketones is 1. The zero-order chi connectivity index (χ0) is 19.6. The van der Waals surface area contributed by atoms with Crippen LogP contribution in [0.3, 0.4) is 0 Å². The fraction of sp³-hybridized carbons (Fsp3) is 0.647. The molecule has 0 bridgehead atoms. The number of aliphatic hydroxyl groups excluding tert-OH is 2. The van der Waals surface area contributed by atoms with Crippen LogP contribution >= 0.6 is 0 Å². The van der Waals surface area contributed by atoms with Gasteiger partial charge in [-0.05, 0) is 49.2 Å². The number of nitrogens with one attached hydrogen (secondary N) is 1. The van der Waals surface area contributed by atoms with E-state index >= 15 is 0 Å². The Bertz CT molecular complexity index is 1030. The third-order valence-corrected chi connectivity index (χ3v) is 6.64. The van der Waals surface area contributed by atoms with E-state index in [1.807, 2.05) is 0 Å². The first-order chi connectivity index (χ1) is 13.5. The molecular weight excluding hydrogens is 364 g/mol. The second-order valence-corrected chi connectivity index (χ2v) is 7.99. The molecule has 5 atom stereocenters. The van der Waals surface area contributed by atoms with Crippen molar-refractivity contribution < 1.29 is 15.0 Å². The number of fused-ring (bicyclic) bond motifs is 2. The Morgan fingerprint density at radius 2 is 2.21 bits per heavy atom. The molecule has 0 saturated heterocycles. The lowest BCUT2D eigenvalue weighted by atomic mass is 9.93. The van der Waals surface area contributed by atoms with Crippen LogP contribution in [-0.4, -0.2) is 53.8 Å². The molecule has 2 heterocycles. The summed E-state index contributed by atoms with van der Waals surface area (Å²) in [5, 5.41) is 28.0. The summed E-state index contributed by atoms with van der Waals surface area (Å²) in [6, 6.07) is -0.246. The lowest BCUT2D eigenvalue weighted by Crippen LogP contribution is -2.36. The van der Waals surface area contributed by atoms with Crippen molar-refractivity contribution in [3.8, 4) is 0 Å². The van der Waals surface area contributed by atoms with E-state index in [4.69, 9.17) is 5.53 Å². The fourth-order valence-electron chi connectivity index (χ4n) is 4.83. The van der Waals surface area contributed by atoms with E-state index in [0.717, 1.165) is 19.3 Å². The minimum atomic E-state index is -1.12. The Morgan fingerprint density at radius 1 is 1.43 bits per heavy atom. The number of carbonyl (C=O) groups excluding carboxylic acids is 1. The number of azide groups is 1. The van der Waals surface area contributed by atoms with Crippen LogP contribution in [0.25, 0.3) is 21.6 Å². The molecule has 11 nitrogen and oxygen atoms in total. The van der Waals surface area contributed by atoms with Gasteiger partial charge in [-0.2, -0.15) is 0 Å². The Morgan fingerprint density at radius 3 is 2.82 bits per heavy atom. The molecule has 28 heavy (non-hydrogen) atoms. The summed E-state index contributed by atoms with van der Waals surface area (Å²) in [6.45, 7) is 1.45. The Hall–Kier alpha value is -2.75. The maximum Gasteiger partial charge on any atom is 0.220 e. The van der Waals surface area contributed by atoms with Gasteiger partial charge < -0.3 is 20.1 Å². The highest BCUT2D eigenvalue weighted by Gasteiger charge is 2.74. The van der Waals surface area contributed by atoms with Crippen LogP contribution in [0.15, 0.2) is 11.4 Å².